The lowest BCUT2D eigenvalue weighted by Gasteiger charge is -2.16. The summed E-state index contributed by atoms with van der Waals surface area (Å²) in [5.41, 5.74) is 0.951. The van der Waals surface area contributed by atoms with Crippen molar-refractivity contribution in [3.63, 3.8) is 0 Å². The fourth-order valence-corrected chi connectivity index (χ4v) is 5.00. The Kier molecular flexibility index (Phi) is 14.6. The standard InChI is InChI=1S/C21H42N3O3P/c1-4-7-8-9-10-11-12-13-14-15-18-24-20-21(22-23-24)17-16-19-28(25,26-5-2)27-6-3/h20H,4-19H2,1-3H3. The number of hydrogen-bond donors (Lipinski definition) is 0. The summed E-state index contributed by atoms with van der Waals surface area (Å²) < 4.78 is 25.0. The first-order valence-electron chi connectivity index (χ1n) is 11.4. The lowest BCUT2D eigenvalue weighted by Crippen LogP contribution is -2.01. The molecule has 1 aromatic heterocycles. The summed E-state index contributed by atoms with van der Waals surface area (Å²) in [5, 5.41) is 8.45. The smallest absolute Gasteiger partial charge is 0.309 e. The molecule has 1 aromatic rings. The van der Waals surface area contributed by atoms with Crippen LogP contribution in [0.2, 0.25) is 0 Å². The molecule has 0 amide bonds. The second-order valence-corrected chi connectivity index (χ2v) is 9.61. The molecule has 1 heterocycles. The average Bonchev–Trinajstić information content (AvgIpc) is 3.11. The van der Waals surface area contributed by atoms with Gasteiger partial charge in [0, 0.05) is 12.7 Å². The Morgan fingerprint density at radius 3 is 2.00 bits per heavy atom. The quantitative estimate of drug-likeness (QED) is 0.193. The molecule has 0 aromatic carbocycles. The highest BCUT2D eigenvalue weighted by atomic mass is 31.2. The zero-order valence-electron chi connectivity index (χ0n) is 18.4. The molecule has 0 saturated carbocycles. The van der Waals surface area contributed by atoms with Crippen LogP contribution in [0.3, 0.4) is 0 Å². The molecule has 0 spiro atoms. The molecule has 0 atom stereocenters. The van der Waals surface area contributed by atoms with E-state index in [1.54, 1.807) is 0 Å². The Bertz CT molecular complexity index is 527. The molecule has 0 bridgehead atoms. The summed E-state index contributed by atoms with van der Waals surface area (Å²) in [6, 6.07) is 0. The monoisotopic (exact) mass is 415 g/mol. The van der Waals surface area contributed by atoms with E-state index in [-0.39, 0.29) is 0 Å². The van der Waals surface area contributed by atoms with Gasteiger partial charge in [0.1, 0.15) is 0 Å². The van der Waals surface area contributed by atoms with Crippen LogP contribution in [0.4, 0.5) is 0 Å². The highest BCUT2D eigenvalue weighted by molar-refractivity contribution is 7.53. The van der Waals surface area contributed by atoms with Crippen LogP contribution < -0.4 is 0 Å². The predicted molar refractivity (Wildman–Crippen MR) is 116 cm³/mol. The zero-order chi connectivity index (χ0) is 20.5. The Labute approximate surface area is 172 Å². The van der Waals surface area contributed by atoms with Crippen molar-refractivity contribution in [2.24, 2.45) is 0 Å². The molecule has 0 aliphatic carbocycles. The lowest BCUT2D eigenvalue weighted by atomic mass is 10.1. The van der Waals surface area contributed by atoms with Gasteiger partial charge in [-0.1, -0.05) is 69.9 Å². The molecule has 164 valence electrons. The molecule has 0 radical (unpaired) electrons. The van der Waals surface area contributed by atoms with Crippen molar-refractivity contribution in [1.82, 2.24) is 15.0 Å². The summed E-state index contributed by atoms with van der Waals surface area (Å²) in [5.74, 6) is 0. The van der Waals surface area contributed by atoms with E-state index in [4.69, 9.17) is 9.05 Å². The lowest BCUT2D eigenvalue weighted by molar-refractivity contribution is 0.220. The van der Waals surface area contributed by atoms with Crippen LogP contribution in [0.5, 0.6) is 0 Å². The molecular weight excluding hydrogens is 373 g/mol. The number of aromatic nitrogens is 3. The zero-order valence-corrected chi connectivity index (χ0v) is 19.3. The van der Waals surface area contributed by atoms with E-state index in [1.807, 2.05) is 24.7 Å². The van der Waals surface area contributed by atoms with Gasteiger partial charge in [0.05, 0.1) is 25.1 Å². The molecule has 6 nitrogen and oxygen atoms in total. The van der Waals surface area contributed by atoms with Crippen LogP contribution in [0.25, 0.3) is 0 Å². The maximum Gasteiger partial charge on any atom is 0.330 e. The number of nitrogens with zero attached hydrogens (tertiary/aromatic N) is 3. The van der Waals surface area contributed by atoms with E-state index in [1.165, 1.54) is 57.8 Å². The molecule has 28 heavy (non-hydrogen) atoms. The van der Waals surface area contributed by atoms with E-state index in [9.17, 15) is 4.57 Å². The van der Waals surface area contributed by atoms with Gasteiger partial charge in [-0.2, -0.15) is 0 Å². The van der Waals surface area contributed by atoms with Crippen molar-refractivity contribution in [2.45, 2.75) is 104 Å². The summed E-state index contributed by atoms with van der Waals surface area (Å²) in [6.45, 7) is 7.69. The average molecular weight is 416 g/mol. The largest absolute Gasteiger partial charge is 0.330 e. The molecular formula is C21H42N3O3P. The normalized spacial score (nSPS) is 12.0. The second kappa shape index (κ2) is 16.1. The van der Waals surface area contributed by atoms with Crippen molar-refractivity contribution >= 4 is 7.60 Å². The van der Waals surface area contributed by atoms with Crippen molar-refractivity contribution < 1.29 is 13.6 Å². The number of hydrogen-bond acceptors (Lipinski definition) is 5. The van der Waals surface area contributed by atoms with Crippen molar-refractivity contribution in [3.05, 3.63) is 11.9 Å². The summed E-state index contributed by atoms with van der Waals surface area (Å²) in [4.78, 5) is 0. The molecule has 0 N–H and O–H groups in total. The van der Waals surface area contributed by atoms with Crippen LogP contribution in [0, 0.1) is 0 Å². The third-order valence-electron chi connectivity index (χ3n) is 4.84. The van der Waals surface area contributed by atoms with E-state index < -0.39 is 7.60 Å². The van der Waals surface area contributed by atoms with Gasteiger partial charge in [-0.15, -0.1) is 5.10 Å². The topological polar surface area (TPSA) is 66.2 Å². The van der Waals surface area contributed by atoms with Gasteiger partial charge in [0.2, 0.25) is 0 Å². The van der Waals surface area contributed by atoms with Gasteiger partial charge in [-0.3, -0.25) is 9.25 Å². The fourth-order valence-electron chi connectivity index (χ4n) is 3.34. The van der Waals surface area contributed by atoms with E-state index >= 15 is 0 Å². The summed E-state index contributed by atoms with van der Waals surface area (Å²) in [6.07, 6.45) is 17.3. The third kappa shape index (κ3) is 12.0. The van der Waals surface area contributed by atoms with Crippen LogP contribution in [-0.4, -0.2) is 34.4 Å². The Morgan fingerprint density at radius 2 is 1.43 bits per heavy atom. The number of unbranched alkanes of at least 4 members (excludes halogenated alkanes) is 9. The first-order chi connectivity index (χ1) is 13.6. The molecule has 0 unspecified atom stereocenters. The first-order valence-corrected chi connectivity index (χ1v) is 13.1. The highest BCUT2D eigenvalue weighted by Crippen LogP contribution is 2.48. The SMILES string of the molecule is CCCCCCCCCCCCn1cc(CCCP(=O)(OCC)OCC)nn1. The van der Waals surface area contributed by atoms with Crippen LogP contribution in [0.15, 0.2) is 6.20 Å². The van der Waals surface area contributed by atoms with Gasteiger partial charge in [-0.25, -0.2) is 0 Å². The minimum Gasteiger partial charge on any atom is -0.309 e. The van der Waals surface area contributed by atoms with Crippen molar-refractivity contribution in [3.8, 4) is 0 Å². The Balaban J connectivity index is 2.10. The summed E-state index contributed by atoms with van der Waals surface area (Å²) >= 11 is 0. The van der Waals surface area contributed by atoms with E-state index in [2.05, 4.69) is 17.2 Å². The second-order valence-electron chi connectivity index (χ2n) is 7.43. The van der Waals surface area contributed by atoms with Gasteiger partial charge < -0.3 is 9.05 Å². The molecule has 7 heteroatoms. The van der Waals surface area contributed by atoms with E-state index in [0.29, 0.717) is 19.4 Å². The Morgan fingerprint density at radius 1 is 0.857 bits per heavy atom. The minimum atomic E-state index is -2.94. The Hall–Kier alpha value is -0.710. The maximum absolute atomic E-state index is 12.4. The minimum absolute atomic E-state index is 0.409. The van der Waals surface area contributed by atoms with Crippen molar-refractivity contribution in [2.75, 3.05) is 19.4 Å². The van der Waals surface area contributed by atoms with Gasteiger partial charge in [0.15, 0.2) is 0 Å². The van der Waals surface area contributed by atoms with Crippen LogP contribution in [-0.2, 0) is 26.6 Å². The maximum atomic E-state index is 12.4. The first kappa shape index (κ1) is 25.3. The molecule has 0 aliphatic rings. The predicted octanol–water partition coefficient (Wildman–Crippen LogP) is 6.40. The van der Waals surface area contributed by atoms with Crippen LogP contribution >= 0.6 is 7.60 Å². The number of aryl methyl sites for hydroxylation is 2. The van der Waals surface area contributed by atoms with Gasteiger partial charge >= 0.3 is 7.60 Å². The van der Waals surface area contributed by atoms with Gasteiger partial charge in [-0.05, 0) is 33.1 Å². The molecule has 1 rings (SSSR count). The molecule has 0 aliphatic heterocycles. The molecule has 0 saturated heterocycles. The fraction of sp³-hybridized carbons (Fsp3) is 0.905. The van der Waals surface area contributed by atoms with Crippen molar-refractivity contribution in [1.29, 1.82) is 0 Å². The van der Waals surface area contributed by atoms with Gasteiger partial charge in [0.25, 0.3) is 0 Å². The van der Waals surface area contributed by atoms with Crippen LogP contribution in [0.1, 0.15) is 97.1 Å². The highest BCUT2D eigenvalue weighted by Gasteiger charge is 2.22. The summed E-state index contributed by atoms with van der Waals surface area (Å²) in [7, 11) is -2.94. The number of rotatable bonds is 19. The third-order valence-corrected chi connectivity index (χ3v) is 7.01. The van der Waals surface area contributed by atoms with E-state index in [0.717, 1.165) is 31.5 Å². The molecule has 0 fully saturated rings.